The van der Waals surface area contributed by atoms with E-state index in [4.69, 9.17) is 0 Å². The van der Waals surface area contributed by atoms with Crippen molar-refractivity contribution in [2.75, 3.05) is 0 Å². The van der Waals surface area contributed by atoms with Crippen LogP contribution in [0.25, 0.3) is 0 Å². The number of hydrogen-bond donors (Lipinski definition) is 2. The quantitative estimate of drug-likeness (QED) is 0.644. The van der Waals surface area contributed by atoms with Gasteiger partial charge < -0.3 is 5.32 Å². The zero-order chi connectivity index (χ0) is 22.1. The molecule has 0 aromatic heterocycles. The van der Waals surface area contributed by atoms with E-state index in [0.29, 0.717) is 23.7 Å². The van der Waals surface area contributed by atoms with Gasteiger partial charge in [-0.15, -0.1) is 0 Å². The van der Waals surface area contributed by atoms with Crippen molar-refractivity contribution in [2.45, 2.75) is 95.9 Å². The number of halogens is 3. The Morgan fingerprint density at radius 2 is 1.77 bits per heavy atom. The van der Waals surface area contributed by atoms with Gasteiger partial charge in [-0.2, -0.15) is 13.2 Å². The minimum absolute atomic E-state index is 0.0947. The van der Waals surface area contributed by atoms with Crippen LogP contribution in [0.5, 0.6) is 0 Å². The minimum atomic E-state index is -5.14. The number of carbonyl (C=O) groups excluding carboxylic acids is 3. The summed E-state index contributed by atoms with van der Waals surface area (Å²) in [6.45, 7) is 3.82. The van der Waals surface area contributed by atoms with Crippen molar-refractivity contribution in [1.29, 1.82) is 0 Å². The van der Waals surface area contributed by atoms with Crippen LogP contribution in [0.3, 0.4) is 0 Å². The maximum atomic E-state index is 14.0. The van der Waals surface area contributed by atoms with Crippen molar-refractivity contribution in [3.8, 4) is 0 Å². The Morgan fingerprint density at radius 3 is 2.40 bits per heavy atom. The van der Waals surface area contributed by atoms with E-state index in [1.807, 2.05) is 19.2 Å². The van der Waals surface area contributed by atoms with Gasteiger partial charge in [-0.1, -0.05) is 58.8 Å². The highest BCUT2D eigenvalue weighted by molar-refractivity contribution is 6.09. The van der Waals surface area contributed by atoms with Crippen molar-refractivity contribution in [2.24, 2.45) is 17.8 Å². The van der Waals surface area contributed by atoms with Gasteiger partial charge in [0, 0.05) is 12.5 Å². The lowest BCUT2D eigenvalue weighted by Gasteiger charge is -2.38. The van der Waals surface area contributed by atoms with Crippen LogP contribution in [0.15, 0.2) is 0 Å². The third-order valence-corrected chi connectivity index (χ3v) is 7.30. The van der Waals surface area contributed by atoms with Gasteiger partial charge in [0.15, 0.2) is 0 Å². The number of amides is 4. The van der Waals surface area contributed by atoms with Gasteiger partial charge in [0.25, 0.3) is 11.6 Å². The average molecular weight is 431 g/mol. The van der Waals surface area contributed by atoms with Gasteiger partial charge in [0.1, 0.15) is 0 Å². The Bertz CT molecular complexity index is 678. The summed E-state index contributed by atoms with van der Waals surface area (Å²) in [4.78, 5) is 38.6. The van der Waals surface area contributed by atoms with Crippen molar-refractivity contribution in [3.05, 3.63) is 0 Å². The molecule has 6 nitrogen and oxygen atoms in total. The summed E-state index contributed by atoms with van der Waals surface area (Å²) in [6.07, 6.45) is 2.59. The number of nitrogens with one attached hydrogen (secondary N) is 2. The fraction of sp³-hybridized carbons (Fsp3) is 0.857. The molecule has 0 unspecified atom stereocenters. The molecule has 4 amide bonds. The van der Waals surface area contributed by atoms with Crippen LogP contribution in [-0.4, -0.2) is 40.6 Å². The number of rotatable bonds is 5. The van der Waals surface area contributed by atoms with Crippen molar-refractivity contribution in [3.63, 3.8) is 0 Å². The number of imide groups is 1. The van der Waals surface area contributed by atoms with Crippen LogP contribution in [-0.2, 0) is 9.59 Å². The van der Waals surface area contributed by atoms with Crippen LogP contribution in [0.1, 0.15) is 78.1 Å². The number of carbonyl (C=O) groups is 3. The van der Waals surface area contributed by atoms with Gasteiger partial charge in [-0.25, -0.2) is 4.79 Å². The molecule has 0 aromatic rings. The molecule has 9 heteroatoms. The van der Waals surface area contributed by atoms with E-state index in [2.05, 4.69) is 0 Å². The highest BCUT2D eigenvalue weighted by Crippen LogP contribution is 2.39. The van der Waals surface area contributed by atoms with Gasteiger partial charge in [-0.3, -0.25) is 19.8 Å². The second kappa shape index (κ2) is 8.75. The molecule has 0 bridgehead atoms. The zero-order valence-electron chi connectivity index (χ0n) is 17.7. The predicted molar refractivity (Wildman–Crippen MR) is 104 cm³/mol. The predicted octanol–water partition coefficient (Wildman–Crippen LogP) is 4.10. The zero-order valence-corrected chi connectivity index (χ0v) is 17.7. The van der Waals surface area contributed by atoms with E-state index >= 15 is 0 Å². The van der Waals surface area contributed by atoms with E-state index in [1.165, 1.54) is 0 Å². The van der Waals surface area contributed by atoms with Gasteiger partial charge in [-0.05, 0) is 30.6 Å². The SMILES string of the molecule is C[C@@H]1[C@H](C)CCC[C@@H]1N1C(=O)N[C@](NC(=O)CCC2CCCCC2)(C(F)(F)F)C1=O. The number of nitrogens with zero attached hydrogens (tertiary/aromatic N) is 1. The first-order chi connectivity index (χ1) is 14.1. The van der Waals surface area contributed by atoms with Gasteiger partial charge >= 0.3 is 12.2 Å². The van der Waals surface area contributed by atoms with E-state index < -0.39 is 35.7 Å². The Labute approximate surface area is 175 Å². The lowest BCUT2D eigenvalue weighted by molar-refractivity contribution is -0.205. The van der Waals surface area contributed by atoms with E-state index in [0.717, 1.165) is 44.9 Å². The van der Waals surface area contributed by atoms with E-state index in [1.54, 1.807) is 5.32 Å². The highest BCUT2D eigenvalue weighted by atomic mass is 19.4. The Balaban J connectivity index is 1.75. The molecule has 3 rings (SSSR count). The molecule has 0 aromatic carbocycles. The summed E-state index contributed by atoms with van der Waals surface area (Å²) >= 11 is 0. The van der Waals surface area contributed by atoms with Crippen LogP contribution in [0.4, 0.5) is 18.0 Å². The van der Waals surface area contributed by atoms with Crippen LogP contribution in [0.2, 0.25) is 0 Å². The molecule has 3 fully saturated rings. The molecule has 3 aliphatic rings. The van der Waals surface area contributed by atoms with Gasteiger partial charge in [0.2, 0.25) is 5.91 Å². The molecule has 1 heterocycles. The third kappa shape index (κ3) is 4.30. The standard InChI is InChI=1S/C21H32F3N3O3/c1-13-7-6-10-16(14(13)2)27-18(29)20(21(22,23)24,26-19(27)30)25-17(28)12-11-15-8-4-3-5-9-15/h13-16H,3-12H2,1-2H3,(H,25,28)(H,26,30)/t13-,14-,16+,20+/m1/s1. The van der Waals surface area contributed by atoms with Gasteiger partial charge in [0.05, 0.1) is 0 Å². The molecule has 2 N–H and O–H groups in total. The molecule has 1 saturated heterocycles. The summed E-state index contributed by atoms with van der Waals surface area (Å²) in [5, 5.41) is 3.65. The van der Waals surface area contributed by atoms with Crippen LogP contribution in [0, 0.1) is 17.8 Å². The Morgan fingerprint density at radius 1 is 1.10 bits per heavy atom. The van der Waals surface area contributed by atoms with E-state index in [-0.39, 0.29) is 18.3 Å². The molecule has 0 spiro atoms. The summed E-state index contributed by atoms with van der Waals surface area (Å²) in [5.74, 6) is -1.88. The minimum Gasteiger partial charge on any atom is -0.318 e. The van der Waals surface area contributed by atoms with Crippen LogP contribution < -0.4 is 10.6 Å². The summed E-state index contributed by atoms with van der Waals surface area (Å²) in [7, 11) is 0. The first kappa shape index (κ1) is 22.9. The maximum Gasteiger partial charge on any atom is 0.440 e. The molecule has 170 valence electrons. The first-order valence-corrected chi connectivity index (χ1v) is 11.1. The molecule has 1 aliphatic heterocycles. The lowest BCUT2D eigenvalue weighted by atomic mass is 9.77. The molecule has 2 aliphatic carbocycles. The maximum absolute atomic E-state index is 14.0. The fourth-order valence-corrected chi connectivity index (χ4v) is 5.20. The van der Waals surface area contributed by atoms with Crippen molar-refractivity contribution < 1.29 is 27.6 Å². The topological polar surface area (TPSA) is 78.5 Å². The summed E-state index contributed by atoms with van der Waals surface area (Å²) < 4.78 is 42.1. The largest absolute Gasteiger partial charge is 0.440 e. The van der Waals surface area contributed by atoms with Crippen molar-refractivity contribution >= 4 is 17.8 Å². The first-order valence-electron chi connectivity index (χ1n) is 11.1. The Hall–Kier alpha value is -1.80. The normalized spacial score (nSPS) is 33.5. The molecular formula is C21H32F3N3O3. The second-order valence-electron chi connectivity index (χ2n) is 9.28. The summed E-state index contributed by atoms with van der Waals surface area (Å²) in [5.41, 5.74) is -3.38. The number of urea groups is 1. The van der Waals surface area contributed by atoms with E-state index in [9.17, 15) is 27.6 Å². The van der Waals surface area contributed by atoms with Crippen LogP contribution >= 0.6 is 0 Å². The molecule has 0 radical (unpaired) electrons. The average Bonchev–Trinajstić information content (AvgIpc) is 2.94. The number of hydrogen-bond acceptors (Lipinski definition) is 3. The molecular weight excluding hydrogens is 399 g/mol. The lowest BCUT2D eigenvalue weighted by Crippen LogP contribution is -2.69. The smallest absolute Gasteiger partial charge is 0.318 e. The Kier molecular flexibility index (Phi) is 6.67. The fourth-order valence-electron chi connectivity index (χ4n) is 5.20. The summed E-state index contributed by atoms with van der Waals surface area (Å²) in [6, 6.07) is -1.69. The van der Waals surface area contributed by atoms with Crippen molar-refractivity contribution in [1.82, 2.24) is 15.5 Å². The third-order valence-electron chi connectivity index (χ3n) is 7.30. The highest BCUT2D eigenvalue weighted by Gasteiger charge is 2.69. The number of alkyl halides is 3. The molecule has 4 atom stereocenters. The monoisotopic (exact) mass is 431 g/mol. The second-order valence-corrected chi connectivity index (χ2v) is 9.28. The molecule has 30 heavy (non-hydrogen) atoms. The molecule has 2 saturated carbocycles.